The molecule has 0 heterocycles. The second kappa shape index (κ2) is 8.33. The molecule has 0 saturated heterocycles. The van der Waals surface area contributed by atoms with Crippen LogP contribution in [0.3, 0.4) is 0 Å². The predicted molar refractivity (Wildman–Crippen MR) is 95.9 cm³/mol. The molecule has 2 rings (SSSR count). The van der Waals surface area contributed by atoms with Gasteiger partial charge in [0.05, 0.1) is 12.7 Å². The number of methoxy groups -OCH3 is 1. The van der Waals surface area contributed by atoms with E-state index in [1.807, 2.05) is 31.2 Å². The number of aromatic carboxylic acids is 1. The molecule has 2 aromatic carbocycles. The number of nitrogens with zero attached hydrogens (tertiary/aromatic N) is 1. The average molecular weight is 341 g/mol. The Morgan fingerprint density at radius 2 is 1.68 bits per heavy atom. The molecule has 1 N–H and O–H groups in total. The van der Waals surface area contributed by atoms with E-state index in [0.717, 1.165) is 16.9 Å². The van der Waals surface area contributed by atoms with Crippen LogP contribution in [0, 0.1) is 0 Å². The molecule has 0 aromatic heterocycles. The van der Waals surface area contributed by atoms with Crippen LogP contribution in [-0.2, 0) is 11.3 Å². The third-order valence-electron chi connectivity index (χ3n) is 4.21. The van der Waals surface area contributed by atoms with Crippen molar-refractivity contribution in [3.63, 3.8) is 0 Å². The summed E-state index contributed by atoms with van der Waals surface area (Å²) in [4.78, 5) is 25.0. The van der Waals surface area contributed by atoms with Gasteiger partial charge in [0.25, 0.3) is 0 Å². The molecule has 1 unspecified atom stereocenters. The highest BCUT2D eigenvalue weighted by Gasteiger charge is 2.15. The van der Waals surface area contributed by atoms with Crippen molar-refractivity contribution in [1.29, 1.82) is 0 Å². The first kappa shape index (κ1) is 18.5. The Bertz CT molecular complexity index is 722. The Labute approximate surface area is 147 Å². The molecule has 0 aliphatic carbocycles. The van der Waals surface area contributed by atoms with Gasteiger partial charge in [-0.1, -0.05) is 31.2 Å². The van der Waals surface area contributed by atoms with Crippen LogP contribution >= 0.6 is 0 Å². The minimum Gasteiger partial charge on any atom is -0.497 e. The van der Waals surface area contributed by atoms with Gasteiger partial charge in [0, 0.05) is 20.0 Å². The van der Waals surface area contributed by atoms with Crippen molar-refractivity contribution in [2.24, 2.45) is 0 Å². The number of amides is 1. The molecule has 1 atom stereocenters. The van der Waals surface area contributed by atoms with E-state index in [-0.39, 0.29) is 17.4 Å². The normalized spacial score (nSPS) is 11.6. The summed E-state index contributed by atoms with van der Waals surface area (Å²) in [6.07, 6.45) is 0.413. The summed E-state index contributed by atoms with van der Waals surface area (Å²) in [6.45, 7) is 2.48. The maximum atomic E-state index is 12.4. The van der Waals surface area contributed by atoms with Gasteiger partial charge in [0.2, 0.25) is 5.91 Å². The van der Waals surface area contributed by atoms with Crippen LogP contribution in [0.5, 0.6) is 5.75 Å². The van der Waals surface area contributed by atoms with Gasteiger partial charge in [-0.05, 0) is 41.3 Å². The first-order valence-electron chi connectivity index (χ1n) is 8.11. The Balaban J connectivity index is 1.93. The molecule has 2 aromatic rings. The van der Waals surface area contributed by atoms with Crippen LogP contribution in [0.15, 0.2) is 48.5 Å². The number of benzene rings is 2. The highest BCUT2D eigenvalue weighted by Crippen LogP contribution is 2.22. The second-order valence-corrected chi connectivity index (χ2v) is 6.13. The molecular formula is C20H23NO4. The van der Waals surface area contributed by atoms with Crippen LogP contribution < -0.4 is 4.74 Å². The highest BCUT2D eigenvalue weighted by molar-refractivity contribution is 5.87. The Morgan fingerprint density at radius 1 is 1.08 bits per heavy atom. The lowest BCUT2D eigenvalue weighted by atomic mass is 9.97. The van der Waals surface area contributed by atoms with Gasteiger partial charge in [0.15, 0.2) is 0 Å². The van der Waals surface area contributed by atoms with Gasteiger partial charge >= 0.3 is 5.97 Å². The van der Waals surface area contributed by atoms with Crippen molar-refractivity contribution in [2.45, 2.75) is 25.8 Å². The van der Waals surface area contributed by atoms with Crippen LogP contribution in [0.25, 0.3) is 0 Å². The fourth-order valence-corrected chi connectivity index (χ4v) is 2.58. The Morgan fingerprint density at radius 3 is 2.20 bits per heavy atom. The number of carboxylic acids is 1. The molecule has 5 heteroatoms. The van der Waals surface area contributed by atoms with Gasteiger partial charge < -0.3 is 14.7 Å². The second-order valence-electron chi connectivity index (χ2n) is 6.13. The first-order valence-corrected chi connectivity index (χ1v) is 8.11. The van der Waals surface area contributed by atoms with Crippen molar-refractivity contribution >= 4 is 11.9 Å². The molecule has 5 nitrogen and oxygen atoms in total. The summed E-state index contributed by atoms with van der Waals surface area (Å²) in [5.41, 5.74) is 2.23. The predicted octanol–water partition coefficient (Wildman–Crippen LogP) is 3.55. The summed E-state index contributed by atoms with van der Waals surface area (Å²) in [7, 11) is 3.38. The van der Waals surface area contributed by atoms with E-state index in [4.69, 9.17) is 9.84 Å². The third-order valence-corrected chi connectivity index (χ3v) is 4.21. The number of hydrogen-bond acceptors (Lipinski definition) is 3. The molecule has 0 bridgehead atoms. The van der Waals surface area contributed by atoms with Gasteiger partial charge in [-0.15, -0.1) is 0 Å². The molecular weight excluding hydrogens is 318 g/mol. The smallest absolute Gasteiger partial charge is 0.335 e. The van der Waals surface area contributed by atoms with Crippen LogP contribution in [0.2, 0.25) is 0 Å². The lowest BCUT2D eigenvalue weighted by Crippen LogP contribution is -2.27. The molecule has 0 saturated carbocycles. The first-order chi connectivity index (χ1) is 11.9. The molecule has 0 aliphatic rings. The molecule has 132 valence electrons. The summed E-state index contributed by atoms with van der Waals surface area (Å²) in [6, 6.07) is 14.3. The molecule has 0 radical (unpaired) electrons. The zero-order valence-electron chi connectivity index (χ0n) is 14.7. The topological polar surface area (TPSA) is 66.8 Å². The number of carbonyl (C=O) groups is 2. The van der Waals surface area contributed by atoms with E-state index < -0.39 is 5.97 Å². The third kappa shape index (κ3) is 5.08. The van der Waals surface area contributed by atoms with E-state index in [1.54, 1.807) is 43.3 Å². The minimum atomic E-state index is -0.954. The quantitative estimate of drug-likeness (QED) is 0.836. The fraction of sp³-hybridized carbons (Fsp3) is 0.300. The monoisotopic (exact) mass is 341 g/mol. The summed E-state index contributed by atoms with van der Waals surface area (Å²) in [5, 5.41) is 8.91. The number of hydrogen-bond donors (Lipinski definition) is 1. The van der Waals surface area contributed by atoms with E-state index in [2.05, 4.69) is 0 Å². The molecule has 1 amide bonds. The summed E-state index contributed by atoms with van der Waals surface area (Å²) >= 11 is 0. The van der Waals surface area contributed by atoms with Gasteiger partial charge in [-0.25, -0.2) is 4.79 Å². The van der Waals surface area contributed by atoms with Crippen molar-refractivity contribution in [1.82, 2.24) is 4.90 Å². The van der Waals surface area contributed by atoms with E-state index in [0.29, 0.717) is 13.0 Å². The van der Waals surface area contributed by atoms with E-state index in [1.165, 1.54) is 0 Å². The van der Waals surface area contributed by atoms with Gasteiger partial charge in [0.1, 0.15) is 5.75 Å². The fourth-order valence-electron chi connectivity index (χ4n) is 2.58. The SMILES string of the molecule is COc1ccc(C(C)CC(=O)N(C)Cc2ccc(C(=O)O)cc2)cc1. The number of rotatable bonds is 7. The molecule has 0 aliphatic heterocycles. The molecule has 0 fully saturated rings. The van der Waals surface area contributed by atoms with E-state index >= 15 is 0 Å². The molecule has 25 heavy (non-hydrogen) atoms. The zero-order chi connectivity index (χ0) is 18.4. The van der Waals surface area contributed by atoms with Gasteiger partial charge in [-0.3, -0.25) is 4.79 Å². The van der Waals surface area contributed by atoms with E-state index in [9.17, 15) is 9.59 Å². The maximum Gasteiger partial charge on any atom is 0.335 e. The Hall–Kier alpha value is -2.82. The lowest BCUT2D eigenvalue weighted by Gasteiger charge is -2.20. The standard InChI is InChI=1S/C20H23NO4/c1-14(16-8-10-18(25-3)11-9-16)12-19(22)21(2)13-15-4-6-17(7-5-15)20(23)24/h4-11,14H,12-13H2,1-3H3,(H,23,24). The number of ether oxygens (including phenoxy) is 1. The van der Waals surface area contributed by atoms with Crippen LogP contribution in [0.1, 0.15) is 40.7 Å². The summed E-state index contributed by atoms with van der Waals surface area (Å²) in [5.74, 6) is -0.00521. The largest absolute Gasteiger partial charge is 0.497 e. The average Bonchev–Trinajstić information content (AvgIpc) is 2.62. The summed E-state index contributed by atoms with van der Waals surface area (Å²) < 4.78 is 5.15. The zero-order valence-corrected chi connectivity index (χ0v) is 14.7. The van der Waals surface area contributed by atoms with Gasteiger partial charge in [-0.2, -0.15) is 0 Å². The lowest BCUT2D eigenvalue weighted by molar-refractivity contribution is -0.130. The van der Waals surface area contributed by atoms with Crippen molar-refractivity contribution in [3.8, 4) is 5.75 Å². The van der Waals surface area contributed by atoms with Crippen molar-refractivity contribution < 1.29 is 19.4 Å². The highest BCUT2D eigenvalue weighted by atomic mass is 16.5. The van der Waals surface area contributed by atoms with Crippen LogP contribution in [0.4, 0.5) is 0 Å². The van der Waals surface area contributed by atoms with Crippen molar-refractivity contribution in [2.75, 3.05) is 14.2 Å². The minimum absolute atomic E-state index is 0.0469. The molecule has 0 spiro atoms. The number of carbonyl (C=O) groups excluding carboxylic acids is 1. The maximum absolute atomic E-state index is 12.4. The number of carboxylic acid groups (broad SMARTS) is 1. The Kier molecular flexibility index (Phi) is 6.17. The van der Waals surface area contributed by atoms with Crippen molar-refractivity contribution in [3.05, 3.63) is 65.2 Å². The van der Waals surface area contributed by atoms with Crippen LogP contribution in [-0.4, -0.2) is 36.0 Å².